The first-order valence-electron chi connectivity index (χ1n) is 10.9. The van der Waals surface area contributed by atoms with Crippen molar-refractivity contribution in [3.8, 4) is 0 Å². The van der Waals surface area contributed by atoms with Gasteiger partial charge >= 0.3 is 6.18 Å². The topological polar surface area (TPSA) is 86.5 Å². The average Bonchev–Trinajstić information content (AvgIpc) is 3.15. The molecule has 1 fully saturated rings. The molecule has 4 rings (SSSR count). The lowest BCUT2D eigenvalue weighted by Crippen LogP contribution is -2.44. The van der Waals surface area contributed by atoms with E-state index in [4.69, 9.17) is 4.74 Å². The van der Waals surface area contributed by atoms with Gasteiger partial charge < -0.3 is 20.4 Å². The number of aromatic amines is 1. The van der Waals surface area contributed by atoms with E-state index in [1.807, 2.05) is 0 Å². The predicted molar refractivity (Wildman–Crippen MR) is 112 cm³/mol. The number of nitrogens with one attached hydrogen (secondary N) is 3. The second-order valence-electron chi connectivity index (χ2n) is 8.27. The lowest BCUT2D eigenvalue weighted by molar-refractivity contribution is -0.136. The van der Waals surface area contributed by atoms with Gasteiger partial charge in [0.1, 0.15) is 0 Å². The summed E-state index contributed by atoms with van der Waals surface area (Å²) in [6, 6.07) is 4.11. The molecule has 32 heavy (non-hydrogen) atoms. The maximum atomic E-state index is 13.3. The summed E-state index contributed by atoms with van der Waals surface area (Å²) >= 11 is 0. The quantitative estimate of drug-likeness (QED) is 0.625. The fourth-order valence-corrected chi connectivity index (χ4v) is 4.45. The van der Waals surface area contributed by atoms with E-state index >= 15 is 0 Å². The highest BCUT2D eigenvalue weighted by Crippen LogP contribution is 2.38. The molecular formula is C22H27F3N4O3. The van der Waals surface area contributed by atoms with E-state index in [0.29, 0.717) is 44.4 Å². The van der Waals surface area contributed by atoms with Gasteiger partial charge in [0.2, 0.25) is 11.8 Å². The van der Waals surface area contributed by atoms with Gasteiger partial charge in [-0.2, -0.15) is 13.2 Å². The maximum absolute atomic E-state index is 13.3. The van der Waals surface area contributed by atoms with Gasteiger partial charge in [-0.25, -0.2) is 0 Å². The third-order valence-corrected chi connectivity index (χ3v) is 6.18. The molecule has 2 aliphatic rings. The summed E-state index contributed by atoms with van der Waals surface area (Å²) < 4.78 is 45.3. The van der Waals surface area contributed by atoms with Gasteiger partial charge in [-0.05, 0) is 30.9 Å². The van der Waals surface area contributed by atoms with Crippen LogP contribution in [0.4, 0.5) is 13.2 Å². The molecule has 0 radical (unpaired) electrons. The van der Waals surface area contributed by atoms with Crippen LogP contribution in [0.1, 0.15) is 23.2 Å². The molecule has 0 bridgehead atoms. The molecule has 2 heterocycles. The molecule has 1 aromatic carbocycles. The largest absolute Gasteiger partial charge is 0.418 e. The Morgan fingerprint density at radius 3 is 2.72 bits per heavy atom. The van der Waals surface area contributed by atoms with Gasteiger partial charge in [0.05, 0.1) is 30.8 Å². The van der Waals surface area contributed by atoms with Crippen molar-refractivity contribution in [3.05, 3.63) is 35.0 Å². The number of amides is 2. The smallest absolute Gasteiger partial charge is 0.379 e. The van der Waals surface area contributed by atoms with Crippen LogP contribution in [-0.2, 0) is 33.3 Å². The third-order valence-electron chi connectivity index (χ3n) is 6.18. The number of aromatic nitrogens is 1. The van der Waals surface area contributed by atoms with Crippen LogP contribution in [0, 0.1) is 5.92 Å². The van der Waals surface area contributed by atoms with E-state index in [-0.39, 0.29) is 29.8 Å². The average molecular weight is 452 g/mol. The third kappa shape index (κ3) is 5.07. The van der Waals surface area contributed by atoms with Crippen molar-refractivity contribution in [1.82, 2.24) is 20.5 Å². The van der Waals surface area contributed by atoms with Crippen molar-refractivity contribution in [2.45, 2.75) is 25.4 Å². The number of para-hydroxylation sites is 1. The van der Waals surface area contributed by atoms with Crippen LogP contribution < -0.4 is 10.6 Å². The Morgan fingerprint density at radius 2 is 1.97 bits per heavy atom. The zero-order valence-electron chi connectivity index (χ0n) is 17.7. The van der Waals surface area contributed by atoms with Gasteiger partial charge in [-0.1, -0.05) is 12.1 Å². The van der Waals surface area contributed by atoms with E-state index in [1.54, 1.807) is 6.07 Å². The summed E-state index contributed by atoms with van der Waals surface area (Å²) in [6.07, 6.45) is -3.09. The van der Waals surface area contributed by atoms with Crippen LogP contribution >= 0.6 is 0 Å². The number of rotatable bonds is 6. The first-order chi connectivity index (χ1) is 15.3. The number of hydrogen-bond donors (Lipinski definition) is 3. The lowest BCUT2D eigenvalue weighted by atomic mass is 9.85. The fraction of sp³-hybridized carbons (Fsp3) is 0.545. The van der Waals surface area contributed by atoms with E-state index in [2.05, 4.69) is 20.5 Å². The molecule has 1 unspecified atom stereocenters. The normalized spacial score (nSPS) is 19.5. The van der Waals surface area contributed by atoms with E-state index < -0.39 is 11.7 Å². The van der Waals surface area contributed by atoms with Gasteiger partial charge in [0, 0.05) is 43.2 Å². The summed E-state index contributed by atoms with van der Waals surface area (Å²) in [4.78, 5) is 29.8. The van der Waals surface area contributed by atoms with Crippen LogP contribution in [-0.4, -0.2) is 67.6 Å². The first kappa shape index (κ1) is 22.6. The molecule has 1 atom stereocenters. The number of carbonyl (C=O) groups is 2. The second kappa shape index (κ2) is 9.50. The molecule has 0 saturated carbocycles. The zero-order chi connectivity index (χ0) is 22.7. The highest BCUT2D eigenvalue weighted by Gasteiger charge is 2.35. The fourth-order valence-electron chi connectivity index (χ4n) is 4.45. The van der Waals surface area contributed by atoms with E-state index in [1.165, 1.54) is 6.07 Å². The first-order valence-corrected chi connectivity index (χ1v) is 10.9. The minimum absolute atomic E-state index is 0.0747. The van der Waals surface area contributed by atoms with E-state index in [0.717, 1.165) is 37.0 Å². The number of carbonyl (C=O) groups excluding carboxylic acids is 2. The summed E-state index contributed by atoms with van der Waals surface area (Å²) in [5.41, 5.74) is 0.888. The van der Waals surface area contributed by atoms with Gasteiger partial charge in [-0.15, -0.1) is 0 Å². The van der Waals surface area contributed by atoms with E-state index in [9.17, 15) is 22.8 Å². The summed E-state index contributed by atoms with van der Waals surface area (Å²) in [5, 5.41) is 5.98. The van der Waals surface area contributed by atoms with Crippen LogP contribution in [0.5, 0.6) is 0 Å². The predicted octanol–water partition coefficient (Wildman–Crippen LogP) is 1.86. The number of fused-ring (bicyclic) bond motifs is 3. The Morgan fingerprint density at radius 1 is 1.19 bits per heavy atom. The number of ether oxygens (including phenoxy) is 1. The molecule has 1 saturated heterocycles. The van der Waals surface area contributed by atoms with Gasteiger partial charge in [0.25, 0.3) is 0 Å². The highest BCUT2D eigenvalue weighted by atomic mass is 19.4. The van der Waals surface area contributed by atoms with Crippen molar-refractivity contribution in [2.75, 3.05) is 45.9 Å². The molecule has 1 aliphatic carbocycles. The molecule has 1 aliphatic heterocycles. The van der Waals surface area contributed by atoms with Crippen molar-refractivity contribution in [1.29, 1.82) is 0 Å². The van der Waals surface area contributed by atoms with Gasteiger partial charge in [-0.3, -0.25) is 14.5 Å². The maximum Gasteiger partial charge on any atom is 0.418 e. The van der Waals surface area contributed by atoms with Crippen molar-refractivity contribution in [2.24, 2.45) is 5.92 Å². The van der Waals surface area contributed by atoms with Gasteiger partial charge in [0.15, 0.2) is 0 Å². The Labute approximate surface area is 183 Å². The SMILES string of the molecule is O=C(CNC(=O)C1CCc2[nH]c3c(C(F)(F)F)cccc3c2C1)NCCN1CCOCC1. The van der Waals surface area contributed by atoms with Crippen LogP contribution in [0.15, 0.2) is 18.2 Å². The minimum Gasteiger partial charge on any atom is -0.379 e. The Bertz CT molecular complexity index is 983. The lowest BCUT2D eigenvalue weighted by Gasteiger charge is -2.26. The molecule has 2 aromatic rings. The highest BCUT2D eigenvalue weighted by molar-refractivity contribution is 5.90. The standard InChI is InChI=1S/C22H27F3N4O3/c23-22(24,25)17-3-1-2-15-16-12-14(4-5-18(16)28-20(15)17)21(31)27-13-19(30)26-6-7-29-8-10-32-11-9-29/h1-3,14,28H,4-13H2,(H,26,30)(H,27,31). The Hall–Kier alpha value is -2.59. The number of alkyl halides is 3. The minimum atomic E-state index is -4.45. The molecule has 7 nitrogen and oxygen atoms in total. The second-order valence-corrected chi connectivity index (χ2v) is 8.27. The van der Waals surface area contributed by atoms with Crippen molar-refractivity contribution in [3.63, 3.8) is 0 Å². The number of morpholine rings is 1. The molecule has 3 N–H and O–H groups in total. The molecule has 0 spiro atoms. The molecule has 174 valence electrons. The summed E-state index contributed by atoms with van der Waals surface area (Å²) in [7, 11) is 0. The Kier molecular flexibility index (Phi) is 6.71. The number of H-pyrrole nitrogens is 1. The molecule has 10 heteroatoms. The monoisotopic (exact) mass is 452 g/mol. The molecular weight excluding hydrogens is 425 g/mol. The zero-order valence-corrected chi connectivity index (χ0v) is 17.7. The summed E-state index contributed by atoms with van der Waals surface area (Å²) in [5.74, 6) is -0.887. The van der Waals surface area contributed by atoms with Crippen LogP contribution in [0.3, 0.4) is 0 Å². The molecule has 2 amide bonds. The number of nitrogens with zero attached hydrogens (tertiary/aromatic N) is 1. The van der Waals surface area contributed by atoms with Crippen LogP contribution in [0.25, 0.3) is 10.9 Å². The summed E-state index contributed by atoms with van der Waals surface area (Å²) in [6.45, 7) is 4.19. The number of benzene rings is 1. The van der Waals surface area contributed by atoms with Crippen molar-refractivity contribution < 1.29 is 27.5 Å². The number of hydrogen-bond acceptors (Lipinski definition) is 4. The van der Waals surface area contributed by atoms with Crippen LogP contribution in [0.2, 0.25) is 0 Å². The molecule has 1 aromatic heterocycles. The Balaban J connectivity index is 1.30. The van der Waals surface area contributed by atoms with Crippen molar-refractivity contribution >= 4 is 22.7 Å². The number of aryl methyl sites for hydroxylation is 1. The number of halogens is 3.